The van der Waals surface area contributed by atoms with E-state index >= 15 is 0 Å². The van der Waals surface area contributed by atoms with Crippen molar-refractivity contribution < 1.29 is 21.6 Å². The Bertz CT molecular complexity index is 546. The lowest BCUT2D eigenvalue weighted by Gasteiger charge is -2.11. The fourth-order valence-corrected chi connectivity index (χ4v) is 2.65. The van der Waals surface area contributed by atoms with Gasteiger partial charge in [-0.2, -0.15) is 13.2 Å². The first-order valence-corrected chi connectivity index (χ1v) is 7.24. The molecule has 19 heavy (non-hydrogen) atoms. The van der Waals surface area contributed by atoms with Crippen molar-refractivity contribution in [2.45, 2.75) is 19.0 Å². The number of anilines is 2. The Morgan fingerprint density at radius 2 is 1.95 bits per heavy atom. The first-order valence-electron chi connectivity index (χ1n) is 5.21. The molecule has 0 saturated heterocycles. The first-order chi connectivity index (χ1) is 8.59. The van der Waals surface area contributed by atoms with E-state index in [9.17, 15) is 21.6 Å². The quantitative estimate of drug-likeness (QED) is 0.820. The van der Waals surface area contributed by atoms with Gasteiger partial charge in [0.05, 0.1) is 16.5 Å². The molecule has 0 unspecified atom stereocenters. The van der Waals surface area contributed by atoms with Gasteiger partial charge in [-0.05, 0) is 24.6 Å². The number of nitrogen functional groups attached to an aromatic ring is 1. The van der Waals surface area contributed by atoms with Gasteiger partial charge in [-0.3, -0.25) is 4.72 Å². The number of halogens is 4. The number of nitrogens with two attached hydrogens (primary N) is 1. The summed E-state index contributed by atoms with van der Waals surface area (Å²) in [6.07, 6.45) is -6.04. The van der Waals surface area contributed by atoms with Crippen molar-refractivity contribution in [3.8, 4) is 0 Å². The monoisotopic (exact) mass is 316 g/mol. The number of alkyl halides is 3. The van der Waals surface area contributed by atoms with E-state index < -0.39 is 34.8 Å². The van der Waals surface area contributed by atoms with Gasteiger partial charge in [0.2, 0.25) is 10.0 Å². The van der Waals surface area contributed by atoms with Gasteiger partial charge in [0.1, 0.15) is 0 Å². The maximum Gasteiger partial charge on any atom is 0.389 e. The van der Waals surface area contributed by atoms with Crippen LogP contribution in [0.2, 0.25) is 5.02 Å². The van der Waals surface area contributed by atoms with E-state index in [-0.39, 0.29) is 16.4 Å². The van der Waals surface area contributed by atoms with Gasteiger partial charge >= 0.3 is 6.18 Å². The lowest BCUT2D eigenvalue weighted by atomic mass is 10.3. The van der Waals surface area contributed by atoms with Gasteiger partial charge in [-0.25, -0.2) is 8.42 Å². The van der Waals surface area contributed by atoms with Gasteiger partial charge in [0.15, 0.2) is 0 Å². The molecule has 0 atom stereocenters. The highest BCUT2D eigenvalue weighted by Crippen LogP contribution is 2.26. The number of nitrogens with one attached hydrogen (secondary N) is 1. The minimum absolute atomic E-state index is 0.0497. The van der Waals surface area contributed by atoms with Crippen molar-refractivity contribution in [2.75, 3.05) is 16.2 Å². The van der Waals surface area contributed by atoms with Gasteiger partial charge in [-0.15, -0.1) is 0 Å². The van der Waals surface area contributed by atoms with Crippen LogP contribution in [0.5, 0.6) is 0 Å². The van der Waals surface area contributed by atoms with Crippen molar-refractivity contribution in [3.63, 3.8) is 0 Å². The molecule has 0 aliphatic carbocycles. The van der Waals surface area contributed by atoms with E-state index in [0.717, 1.165) is 0 Å². The number of hydrogen-bond acceptors (Lipinski definition) is 3. The van der Waals surface area contributed by atoms with Gasteiger partial charge in [-0.1, -0.05) is 11.6 Å². The van der Waals surface area contributed by atoms with Gasteiger partial charge < -0.3 is 5.73 Å². The van der Waals surface area contributed by atoms with Crippen molar-refractivity contribution in [2.24, 2.45) is 0 Å². The summed E-state index contributed by atoms with van der Waals surface area (Å²) in [5.74, 6) is -0.641. The van der Waals surface area contributed by atoms with E-state index in [1.807, 2.05) is 0 Å². The Hall–Kier alpha value is -1.15. The van der Waals surface area contributed by atoms with Crippen LogP contribution in [-0.4, -0.2) is 20.3 Å². The van der Waals surface area contributed by atoms with Crippen molar-refractivity contribution in [3.05, 3.63) is 23.2 Å². The minimum Gasteiger partial charge on any atom is -0.399 e. The molecule has 0 amide bonds. The van der Waals surface area contributed by atoms with E-state index in [2.05, 4.69) is 4.72 Å². The molecule has 0 aromatic heterocycles. The summed E-state index contributed by atoms with van der Waals surface area (Å²) in [5.41, 5.74) is 5.80. The van der Waals surface area contributed by atoms with E-state index in [0.29, 0.717) is 0 Å². The van der Waals surface area contributed by atoms with Crippen molar-refractivity contribution in [1.82, 2.24) is 0 Å². The van der Waals surface area contributed by atoms with Crippen LogP contribution in [0, 0.1) is 0 Å². The minimum atomic E-state index is -4.37. The van der Waals surface area contributed by atoms with E-state index in [4.69, 9.17) is 17.3 Å². The maximum atomic E-state index is 11.9. The summed E-state index contributed by atoms with van der Waals surface area (Å²) in [7, 11) is -3.89. The lowest BCUT2D eigenvalue weighted by molar-refractivity contribution is -0.134. The predicted octanol–water partition coefficient (Wildman–Crippen LogP) is 3.01. The van der Waals surface area contributed by atoms with Crippen LogP contribution in [0.25, 0.3) is 0 Å². The van der Waals surface area contributed by atoms with E-state index in [1.165, 1.54) is 18.2 Å². The highest BCUT2D eigenvalue weighted by Gasteiger charge is 2.27. The number of hydrogen-bond donors (Lipinski definition) is 2. The summed E-state index contributed by atoms with van der Waals surface area (Å²) in [4.78, 5) is 0. The van der Waals surface area contributed by atoms with Crippen LogP contribution in [-0.2, 0) is 10.0 Å². The molecule has 1 aromatic carbocycles. The molecule has 0 heterocycles. The zero-order valence-electron chi connectivity index (χ0n) is 9.67. The van der Waals surface area contributed by atoms with Crippen molar-refractivity contribution in [1.29, 1.82) is 0 Å². The van der Waals surface area contributed by atoms with E-state index in [1.54, 1.807) is 0 Å². The summed E-state index contributed by atoms with van der Waals surface area (Å²) < 4.78 is 61.0. The molecule has 0 fully saturated rings. The molecule has 4 nitrogen and oxygen atoms in total. The summed E-state index contributed by atoms with van der Waals surface area (Å²) in [6, 6.07) is 4.16. The average Bonchev–Trinajstić information content (AvgIpc) is 2.20. The maximum absolute atomic E-state index is 11.9. The fourth-order valence-electron chi connectivity index (χ4n) is 1.30. The predicted molar refractivity (Wildman–Crippen MR) is 68.6 cm³/mol. The van der Waals surface area contributed by atoms with Crippen LogP contribution >= 0.6 is 11.6 Å². The Kier molecular flexibility index (Phi) is 4.92. The third-order valence-electron chi connectivity index (χ3n) is 2.13. The molecule has 0 aliphatic heterocycles. The SMILES string of the molecule is Nc1ccc(Cl)c(NS(=O)(=O)CCCC(F)(F)F)c1. The van der Waals surface area contributed by atoms with Crippen LogP contribution in [0.1, 0.15) is 12.8 Å². The molecule has 1 aromatic rings. The van der Waals surface area contributed by atoms with Gasteiger partial charge in [0.25, 0.3) is 0 Å². The molecule has 1 rings (SSSR count). The normalized spacial score (nSPS) is 12.4. The zero-order chi connectivity index (χ0) is 14.7. The Morgan fingerprint density at radius 1 is 1.32 bits per heavy atom. The highest BCUT2D eigenvalue weighted by molar-refractivity contribution is 7.92. The average molecular weight is 317 g/mol. The molecule has 108 valence electrons. The van der Waals surface area contributed by atoms with Crippen molar-refractivity contribution >= 4 is 33.0 Å². The summed E-state index contributed by atoms with van der Waals surface area (Å²) in [5, 5.41) is 0.119. The second-order valence-corrected chi connectivity index (χ2v) is 6.13. The van der Waals surface area contributed by atoms with Crippen LogP contribution in [0.4, 0.5) is 24.5 Å². The Morgan fingerprint density at radius 3 is 2.53 bits per heavy atom. The standard InChI is InChI=1S/C10H12ClF3N2O2S/c11-8-3-2-7(15)6-9(8)16-19(17,18)5-1-4-10(12,13)14/h2-3,6,16H,1,4-5,15H2. The topological polar surface area (TPSA) is 72.2 Å². The first kappa shape index (κ1) is 15.9. The van der Waals surface area contributed by atoms with Crippen LogP contribution in [0.3, 0.4) is 0 Å². The molecular formula is C10H12ClF3N2O2S. The molecule has 0 radical (unpaired) electrons. The number of sulfonamides is 1. The molecule has 0 bridgehead atoms. The Labute approximate surface area is 113 Å². The molecule has 0 spiro atoms. The molecular weight excluding hydrogens is 305 g/mol. The summed E-state index contributed by atoms with van der Waals surface area (Å²) in [6.45, 7) is 0. The molecule has 0 aliphatic rings. The second-order valence-electron chi connectivity index (χ2n) is 3.88. The zero-order valence-corrected chi connectivity index (χ0v) is 11.2. The third-order valence-corrected chi connectivity index (χ3v) is 3.82. The largest absolute Gasteiger partial charge is 0.399 e. The van der Waals surface area contributed by atoms with Gasteiger partial charge in [0, 0.05) is 12.1 Å². The Balaban J connectivity index is 2.67. The number of rotatable bonds is 5. The molecule has 3 N–H and O–H groups in total. The summed E-state index contributed by atoms with van der Waals surface area (Å²) >= 11 is 5.75. The fraction of sp³-hybridized carbons (Fsp3) is 0.400. The van der Waals surface area contributed by atoms with Crippen LogP contribution < -0.4 is 10.5 Å². The second kappa shape index (κ2) is 5.87. The smallest absolute Gasteiger partial charge is 0.389 e. The molecule has 0 saturated carbocycles. The highest BCUT2D eigenvalue weighted by atomic mass is 35.5. The molecule has 9 heteroatoms. The third kappa shape index (κ3) is 6.02. The number of benzene rings is 1. The lowest BCUT2D eigenvalue weighted by Crippen LogP contribution is -2.19. The van der Waals surface area contributed by atoms with Crippen LogP contribution in [0.15, 0.2) is 18.2 Å².